The fraction of sp³-hybridized carbons (Fsp3) is 0.733. The molecule has 2 heterocycles. The summed E-state index contributed by atoms with van der Waals surface area (Å²) < 4.78 is 5.48. The molecule has 1 saturated carbocycles. The molecule has 4 heteroatoms. The lowest BCUT2D eigenvalue weighted by molar-refractivity contribution is -0.139. The van der Waals surface area contributed by atoms with Gasteiger partial charge in [0.15, 0.2) is 5.76 Å². The average Bonchev–Trinajstić information content (AvgIpc) is 2.95. The van der Waals surface area contributed by atoms with Gasteiger partial charge in [0.1, 0.15) is 0 Å². The Bertz CT molecular complexity index is 462. The first kappa shape index (κ1) is 12.7. The summed E-state index contributed by atoms with van der Waals surface area (Å²) in [4.78, 5) is 14.4. The quantitative estimate of drug-likeness (QED) is 0.840. The summed E-state index contributed by atoms with van der Waals surface area (Å²) in [6.45, 7) is 5.08. The van der Waals surface area contributed by atoms with E-state index >= 15 is 0 Å². The van der Waals surface area contributed by atoms with E-state index in [1.54, 1.807) is 0 Å². The van der Waals surface area contributed by atoms with Gasteiger partial charge >= 0.3 is 0 Å². The summed E-state index contributed by atoms with van der Waals surface area (Å²) >= 11 is 0. The van der Waals surface area contributed by atoms with Gasteiger partial charge in [-0.2, -0.15) is 0 Å². The van der Waals surface area contributed by atoms with Crippen molar-refractivity contribution in [3.63, 3.8) is 0 Å². The fourth-order valence-electron chi connectivity index (χ4n) is 2.95. The van der Waals surface area contributed by atoms with E-state index in [-0.39, 0.29) is 12.0 Å². The molecule has 0 N–H and O–H groups in total. The summed E-state index contributed by atoms with van der Waals surface area (Å²) in [5.74, 6) is 1.84. The van der Waals surface area contributed by atoms with Crippen molar-refractivity contribution in [2.24, 2.45) is 5.92 Å². The molecule has 2 aliphatic rings. The van der Waals surface area contributed by atoms with Crippen molar-refractivity contribution in [2.45, 2.75) is 57.9 Å². The van der Waals surface area contributed by atoms with Gasteiger partial charge < -0.3 is 9.42 Å². The molecule has 2 fully saturated rings. The first-order valence-corrected chi connectivity index (χ1v) is 7.44. The molecule has 4 nitrogen and oxygen atoms in total. The van der Waals surface area contributed by atoms with Gasteiger partial charge in [0.2, 0.25) is 5.91 Å². The van der Waals surface area contributed by atoms with Crippen LogP contribution in [-0.4, -0.2) is 22.5 Å². The number of amides is 1. The van der Waals surface area contributed by atoms with Crippen molar-refractivity contribution in [3.05, 3.63) is 17.5 Å². The van der Waals surface area contributed by atoms with Crippen LogP contribution >= 0.6 is 0 Å². The van der Waals surface area contributed by atoms with E-state index in [1.807, 2.05) is 11.0 Å². The molecule has 19 heavy (non-hydrogen) atoms. The smallest absolute Gasteiger partial charge is 0.226 e. The standard InChI is InChI=1S/C15H22N2O2/c1-10(2)12-9-14(19-16-12)13-7-4-8-17(13)15(18)11-5-3-6-11/h9-11,13H,3-8H2,1-2H3/t13-/m0/s1. The van der Waals surface area contributed by atoms with E-state index in [2.05, 4.69) is 19.0 Å². The molecule has 0 radical (unpaired) electrons. The zero-order valence-corrected chi connectivity index (χ0v) is 11.8. The molecule has 3 rings (SSSR count). The molecule has 1 atom stereocenters. The summed E-state index contributed by atoms with van der Waals surface area (Å²) in [5.41, 5.74) is 0.984. The van der Waals surface area contributed by atoms with E-state index in [0.717, 1.165) is 43.7 Å². The minimum atomic E-state index is 0.119. The Morgan fingerprint density at radius 3 is 2.74 bits per heavy atom. The van der Waals surface area contributed by atoms with Crippen molar-refractivity contribution in [3.8, 4) is 0 Å². The predicted octanol–water partition coefficient (Wildman–Crippen LogP) is 3.26. The zero-order valence-electron chi connectivity index (χ0n) is 11.8. The first-order chi connectivity index (χ1) is 9.16. The maximum absolute atomic E-state index is 12.4. The summed E-state index contributed by atoms with van der Waals surface area (Å²) in [5, 5.41) is 4.12. The SMILES string of the molecule is CC(C)c1cc([C@@H]2CCCN2C(=O)C2CCC2)on1. The van der Waals surface area contributed by atoms with Crippen LogP contribution in [-0.2, 0) is 4.79 Å². The minimum absolute atomic E-state index is 0.119. The highest BCUT2D eigenvalue weighted by atomic mass is 16.5. The Labute approximate surface area is 114 Å². The van der Waals surface area contributed by atoms with Crippen LogP contribution in [0.25, 0.3) is 0 Å². The number of nitrogens with zero attached hydrogens (tertiary/aromatic N) is 2. The molecule has 1 aliphatic heterocycles. The van der Waals surface area contributed by atoms with Crippen molar-refractivity contribution >= 4 is 5.91 Å². The Hall–Kier alpha value is -1.32. The van der Waals surface area contributed by atoms with Crippen molar-refractivity contribution in [1.29, 1.82) is 0 Å². The third-order valence-electron chi connectivity index (χ3n) is 4.46. The van der Waals surface area contributed by atoms with Crippen LogP contribution in [0.1, 0.15) is 69.4 Å². The number of carbonyl (C=O) groups excluding carboxylic acids is 1. The Kier molecular flexibility index (Phi) is 3.33. The number of hydrogen-bond donors (Lipinski definition) is 0. The molecule has 1 amide bonds. The highest BCUT2D eigenvalue weighted by Crippen LogP contribution is 2.37. The van der Waals surface area contributed by atoms with E-state index in [9.17, 15) is 4.79 Å². The third-order valence-corrected chi connectivity index (χ3v) is 4.46. The van der Waals surface area contributed by atoms with E-state index in [4.69, 9.17) is 4.52 Å². The second kappa shape index (κ2) is 4.99. The molecule has 0 bridgehead atoms. The predicted molar refractivity (Wildman–Crippen MR) is 71.6 cm³/mol. The largest absolute Gasteiger partial charge is 0.359 e. The normalized spacial score (nSPS) is 23.9. The van der Waals surface area contributed by atoms with E-state index in [0.29, 0.717) is 11.8 Å². The molecule has 104 valence electrons. The molecule has 0 aromatic carbocycles. The van der Waals surface area contributed by atoms with Crippen LogP contribution in [0.3, 0.4) is 0 Å². The van der Waals surface area contributed by atoms with Crippen LogP contribution in [0.4, 0.5) is 0 Å². The number of hydrogen-bond acceptors (Lipinski definition) is 3. The number of likely N-dealkylation sites (tertiary alicyclic amines) is 1. The molecule has 1 aliphatic carbocycles. The fourth-order valence-corrected chi connectivity index (χ4v) is 2.95. The molecular weight excluding hydrogens is 240 g/mol. The van der Waals surface area contributed by atoms with Gasteiger partial charge in [-0.1, -0.05) is 25.4 Å². The molecular formula is C15H22N2O2. The average molecular weight is 262 g/mol. The van der Waals surface area contributed by atoms with Gasteiger partial charge in [0, 0.05) is 18.5 Å². The van der Waals surface area contributed by atoms with E-state index < -0.39 is 0 Å². The summed E-state index contributed by atoms with van der Waals surface area (Å²) in [7, 11) is 0. The number of carbonyl (C=O) groups is 1. The van der Waals surface area contributed by atoms with Crippen molar-refractivity contribution in [1.82, 2.24) is 10.1 Å². The zero-order chi connectivity index (χ0) is 13.4. The van der Waals surface area contributed by atoms with Gasteiger partial charge in [-0.15, -0.1) is 0 Å². The van der Waals surface area contributed by atoms with Gasteiger partial charge in [-0.05, 0) is 31.6 Å². The second-order valence-corrected chi connectivity index (χ2v) is 6.13. The van der Waals surface area contributed by atoms with Crippen LogP contribution in [0.2, 0.25) is 0 Å². The van der Waals surface area contributed by atoms with E-state index in [1.165, 1.54) is 6.42 Å². The highest BCUT2D eigenvalue weighted by Gasteiger charge is 2.37. The van der Waals surface area contributed by atoms with Gasteiger partial charge in [0.25, 0.3) is 0 Å². The number of rotatable bonds is 3. The molecule has 1 aromatic rings. The van der Waals surface area contributed by atoms with Crippen LogP contribution in [0.15, 0.2) is 10.6 Å². The third kappa shape index (κ3) is 2.28. The van der Waals surface area contributed by atoms with Crippen LogP contribution in [0.5, 0.6) is 0 Å². The van der Waals surface area contributed by atoms with Gasteiger partial charge in [0.05, 0.1) is 11.7 Å². The Morgan fingerprint density at radius 1 is 1.37 bits per heavy atom. The van der Waals surface area contributed by atoms with Crippen LogP contribution in [0, 0.1) is 5.92 Å². The summed E-state index contributed by atoms with van der Waals surface area (Å²) in [6, 6.07) is 2.15. The van der Waals surface area contributed by atoms with Crippen molar-refractivity contribution < 1.29 is 9.32 Å². The molecule has 0 spiro atoms. The van der Waals surface area contributed by atoms with Gasteiger partial charge in [-0.3, -0.25) is 4.79 Å². The lowest BCUT2D eigenvalue weighted by Gasteiger charge is -2.31. The molecule has 1 aromatic heterocycles. The highest BCUT2D eigenvalue weighted by molar-refractivity contribution is 5.80. The minimum Gasteiger partial charge on any atom is -0.359 e. The van der Waals surface area contributed by atoms with Crippen molar-refractivity contribution in [2.75, 3.05) is 6.54 Å². The Morgan fingerprint density at radius 2 is 2.16 bits per heavy atom. The Balaban J connectivity index is 1.76. The number of aromatic nitrogens is 1. The second-order valence-electron chi connectivity index (χ2n) is 6.13. The maximum atomic E-state index is 12.4. The monoisotopic (exact) mass is 262 g/mol. The maximum Gasteiger partial charge on any atom is 0.226 e. The summed E-state index contributed by atoms with van der Waals surface area (Å²) in [6.07, 6.45) is 5.41. The molecule has 0 unspecified atom stereocenters. The topological polar surface area (TPSA) is 46.3 Å². The molecule has 1 saturated heterocycles. The lowest BCUT2D eigenvalue weighted by atomic mass is 9.84. The lowest BCUT2D eigenvalue weighted by Crippen LogP contribution is -2.38. The first-order valence-electron chi connectivity index (χ1n) is 7.44. The van der Waals surface area contributed by atoms with Gasteiger partial charge in [-0.25, -0.2) is 0 Å². The van der Waals surface area contributed by atoms with Crippen LogP contribution < -0.4 is 0 Å².